The molecule has 0 saturated carbocycles. The summed E-state index contributed by atoms with van der Waals surface area (Å²) >= 11 is 0. The standard InChI is InChI=1S/C17H26N2O2/c1-4-15-9-5-6-11-19(15)17(20)18-12-21-16-10-7-8-13(2)14(16)3/h7-8,10,15H,4-6,9,11-12H2,1-3H3,(H,18,20). The third-order valence-corrected chi connectivity index (χ3v) is 4.37. The second-order valence-corrected chi connectivity index (χ2v) is 5.72. The van der Waals surface area contributed by atoms with Crippen molar-refractivity contribution < 1.29 is 9.53 Å². The molecule has 1 aliphatic heterocycles. The minimum atomic E-state index is -0.00754. The third kappa shape index (κ3) is 3.90. The van der Waals surface area contributed by atoms with Gasteiger partial charge in [-0.05, 0) is 56.7 Å². The lowest BCUT2D eigenvalue weighted by Crippen LogP contribution is -2.49. The number of piperidine rings is 1. The molecular weight excluding hydrogens is 264 g/mol. The molecule has 4 heteroatoms. The Morgan fingerprint density at radius 1 is 1.38 bits per heavy atom. The van der Waals surface area contributed by atoms with E-state index >= 15 is 0 Å². The van der Waals surface area contributed by atoms with Crippen LogP contribution in [0.5, 0.6) is 5.75 Å². The van der Waals surface area contributed by atoms with Crippen LogP contribution in [-0.2, 0) is 0 Å². The number of urea groups is 1. The lowest BCUT2D eigenvalue weighted by Gasteiger charge is -2.35. The Kier molecular flexibility index (Phi) is 5.48. The second-order valence-electron chi connectivity index (χ2n) is 5.72. The Labute approximate surface area is 127 Å². The number of carbonyl (C=O) groups excluding carboxylic acids is 1. The summed E-state index contributed by atoms with van der Waals surface area (Å²) in [6, 6.07) is 6.33. The van der Waals surface area contributed by atoms with Gasteiger partial charge < -0.3 is 15.0 Å². The molecule has 1 heterocycles. The largest absolute Gasteiger partial charge is 0.473 e. The maximum atomic E-state index is 12.2. The zero-order valence-corrected chi connectivity index (χ0v) is 13.3. The van der Waals surface area contributed by atoms with Gasteiger partial charge in [-0.1, -0.05) is 19.1 Å². The highest BCUT2D eigenvalue weighted by Gasteiger charge is 2.24. The molecule has 1 aromatic carbocycles. The van der Waals surface area contributed by atoms with Crippen LogP contribution in [0.15, 0.2) is 18.2 Å². The number of nitrogens with one attached hydrogen (secondary N) is 1. The number of aryl methyl sites for hydroxylation is 1. The molecule has 1 aromatic rings. The van der Waals surface area contributed by atoms with Crippen LogP contribution in [0.3, 0.4) is 0 Å². The van der Waals surface area contributed by atoms with E-state index < -0.39 is 0 Å². The van der Waals surface area contributed by atoms with Crippen LogP contribution in [0.4, 0.5) is 4.79 Å². The van der Waals surface area contributed by atoms with Gasteiger partial charge in [-0.15, -0.1) is 0 Å². The van der Waals surface area contributed by atoms with Gasteiger partial charge in [-0.3, -0.25) is 0 Å². The van der Waals surface area contributed by atoms with E-state index in [0.29, 0.717) is 6.04 Å². The fourth-order valence-electron chi connectivity index (χ4n) is 2.85. The highest BCUT2D eigenvalue weighted by Crippen LogP contribution is 2.21. The molecule has 2 amide bonds. The van der Waals surface area contributed by atoms with Crippen LogP contribution < -0.4 is 10.1 Å². The topological polar surface area (TPSA) is 41.6 Å². The third-order valence-electron chi connectivity index (χ3n) is 4.37. The predicted octanol–water partition coefficient (Wildman–Crippen LogP) is 3.61. The van der Waals surface area contributed by atoms with Gasteiger partial charge >= 0.3 is 6.03 Å². The first kappa shape index (κ1) is 15.7. The number of carbonyl (C=O) groups is 1. The fourth-order valence-corrected chi connectivity index (χ4v) is 2.85. The van der Waals surface area contributed by atoms with Crippen LogP contribution in [0, 0.1) is 13.8 Å². The number of benzene rings is 1. The van der Waals surface area contributed by atoms with Crippen LogP contribution >= 0.6 is 0 Å². The number of likely N-dealkylation sites (tertiary alicyclic amines) is 1. The molecule has 0 aromatic heterocycles. The van der Waals surface area contributed by atoms with E-state index in [1.54, 1.807) is 0 Å². The molecule has 21 heavy (non-hydrogen) atoms. The summed E-state index contributed by atoms with van der Waals surface area (Å²) in [6.07, 6.45) is 4.45. The molecule has 1 saturated heterocycles. The van der Waals surface area contributed by atoms with Crippen molar-refractivity contribution in [3.05, 3.63) is 29.3 Å². The van der Waals surface area contributed by atoms with Crippen LogP contribution in [0.1, 0.15) is 43.7 Å². The molecule has 0 radical (unpaired) electrons. The van der Waals surface area contributed by atoms with Gasteiger partial charge in [0.05, 0.1) is 0 Å². The SMILES string of the molecule is CCC1CCCCN1C(=O)NCOc1cccc(C)c1C. The highest BCUT2D eigenvalue weighted by molar-refractivity contribution is 5.74. The monoisotopic (exact) mass is 290 g/mol. The molecule has 4 nitrogen and oxygen atoms in total. The van der Waals surface area contributed by atoms with Gasteiger partial charge in [-0.2, -0.15) is 0 Å². The van der Waals surface area contributed by atoms with Crippen LogP contribution in [-0.4, -0.2) is 30.2 Å². The van der Waals surface area contributed by atoms with Gasteiger partial charge in [0, 0.05) is 12.6 Å². The number of hydrogen-bond donors (Lipinski definition) is 1. The molecule has 0 spiro atoms. The average Bonchev–Trinajstić information content (AvgIpc) is 2.51. The van der Waals surface area contributed by atoms with E-state index in [0.717, 1.165) is 37.1 Å². The van der Waals surface area contributed by atoms with E-state index in [1.807, 2.05) is 24.0 Å². The van der Waals surface area contributed by atoms with Crippen LogP contribution in [0.25, 0.3) is 0 Å². The summed E-state index contributed by atoms with van der Waals surface area (Å²) in [7, 11) is 0. The Morgan fingerprint density at radius 3 is 2.95 bits per heavy atom. The van der Waals surface area contributed by atoms with Crippen LogP contribution in [0.2, 0.25) is 0 Å². The normalized spacial score (nSPS) is 18.4. The number of rotatable bonds is 4. The minimum Gasteiger partial charge on any atom is -0.473 e. The first-order valence-electron chi connectivity index (χ1n) is 7.87. The van der Waals surface area contributed by atoms with Crippen molar-refractivity contribution in [3.8, 4) is 5.75 Å². The Bertz CT molecular complexity index is 488. The second kappa shape index (κ2) is 7.34. The Morgan fingerprint density at radius 2 is 2.19 bits per heavy atom. The van der Waals surface area contributed by atoms with E-state index in [-0.39, 0.29) is 12.8 Å². The zero-order valence-electron chi connectivity index (χ0n) is 13.3. The van der Waals surface area contributed by atoms with Crippen molar-refractivity contribution in [1.29, 1.82) is 0 Å². The van der Waals surface area contributed by atoms with Gasteiger partial charge in [-0.25, -0.2) is 4.79 Å². The van der Waals surface area contributed by atoms with Gasteiger partial charge in [0.2, 0.25) is 0 Å². The minimum absolute atomic E-state index is 0.00754. The van der Waals surface area contributed by atoms with E-state index in [2.05, 4.69) is 25.2 Å². The van der Waals surface area contributed by atoms with Crippen molar-refractivity contribution in [1.82, 2.24) is 10.2 Å². The zero-order chi connectivity index (χ0) is 15.2. The number of ether oxygens (including phenoxy) is 1. The average molecular weight is 290 g/mol. The summed E-state index contributed by atoms with van der Waals surface area (Å²) < 4.78 is 5.69. The number of hydrogen-bond acceptors (Lipinski definition) is 2. The van der Waals surface area contributed by atoms with Gasteiger partial charge in [0.15, 0.2) is 6.73 Å². The summed E-state index contributed by atoms with van der Waals surface area (Å²) in [4.78, 5) is 14.2. The van der Waals surface area contributed by atoms with E-state index in [9.17, 15) is 4.79 Å². The molecule has 1 aliphatic rings. The number of amides is 2. The highest BCUT2D eigenvalue weighted by atomic mass is 16.5. The predicted molar refractivity (Wildman–Crippen MR) is 84.6 cm³/mol. The molecule has 0 aliphatic carbocycles. The van der Waals surface area contributed by atoms with Gasteiger partial charge in [0.1, 0.15) is 5.75 Å². The lowest BCUT2D eigenvalue weighted by atomic mass is 10.0. The molecule has 0 bridgehead atoms. The van der Waals surface area contributed by atoms with Crippen molar-refractivity contribution >= 4 is 6.03 Å². The number of nitrogens with zero attached hydrogens (tertiary/aromatic N) is 1. The molecule has 1 unspecified atom stereocenters. The molecular formula is C17H26N2O2. The molecule has 2 rings (SSSR count). The smallest absolute Gasteiger partial charge is 0.320 e. The first-order valence-corrected chi connectivity index (χ1v) is 7.87. The molecule has 116 valence electrons. The summed E-state index contributed by atoms with van der Waals surface area (Å²) in [5.41, 5.74) is 2.32. The van der Waals surface area contributed by atoms with Crippen molar-refractivity contribution in [2.45, 2.75) is 52.5 Å². The van der Waals surface area contributed by atoms with E-state index in [1.165, 1.54) is 12.0 Å². The maximum absolute atomic E-state index is 12.2. The van der Waals surface area contributed by atoms with E-state index in [4.69, 9.17) is 4.74 Å². The summed E-state index contributed by atoms with van der Waals surface area (Å²) in [5, 5.41) is 2.88. The molecule has 1 fully saturated rings. The first-order chi connectivity index (χ1) is 10.1. The quantitative estimate of drug-likeness (QED) is 0.861. The Balaban J connectivity index is 1.85. The molecule has 1 N–H and O–H groups in total. The molecule has 1 atom stereocenters. The van der Waals surface area contributed by atoms with Crippen molar-refractivity contribution in [2.24, 2.45) is 0 Å². The van der Waals surface area contributed by atoms with Gasteiger partial charge in [0.25, 0.3) is 0 Å². The van der Waals surface area contributed by atoms with Crippen molar-refractivity contribution in [3.63, 3.8) is 0 Å². The Hall–Kier alpha value is -1.71. The fraction of sp³-hybridized carbons (Fsp3) is 0.588. The maximum Gasteiger partial charge on any atom is 0.320 e. The lowest BCUT2D eigenvalue weighted by molar-refractivity contribution is 0.141. The van der Waals surface area contributed by atoms with Crippen molar-refractivity contribution in [2.75, 3.05) is 13.3 Å². The summed E-state index contributed by atoms with van der Waals surface area (Å²) in [6.45, 7) is 7.30. The summed E-state index contributed by atoms with van der Waals surface area (Å²) in [5.74, 6) is 0.834.